The predicted molar refractivity (Wildman–Crippen MR) is 92.4 cm³/mol. The minimum Gasteiger partial charge on any atom is -0.481 e. The fourth-order valence-corrected chi connectivity index (χ4v) is 2.57. The number of benzene rings is 2. The van der Waals surface area contributed by atoms with Crippen LogP contribution in [0.4, 0.5) is 4.39 Å². The van der Waals surface area contributed by atoms with Crippen LogP contribution in [0.15, 0.2) is 67.0 Å². The molecule has 26 heavy (non-hydrogen) atoms. The van der Waals surface area contributed by atoms with Crippen LogP contribution in [-0.4, -0.2) is 26.8 Å². The summed E-state index contributed by atoms with van der Waals surface area (Å²) in [7, 11) is 0. The summed E-state index contributed by atoms with van der Waals surface area (Å²) in [6.45, 7) is 0. The summed E-state index contributed by atoms with van der Waals surface area (Å²) in [6.07, 6.45) is 3.07. The van der Waals surface area contributed by atoms with Gasteiger partial charge < -0.3 is 10.4 Å². The zero-order valence-electron chi connectivity index (χ0n) is 13.7. The predicted octanol–water partition coefficient (Wildman–Crippen LogP) is 2.96. The fraction of sp³-hybridized carbons (Fsp3) is 0.105. The van der Waals surface area contributed by atoms with E-state index in [0.29, 0.717) is 16.8 Å². The molecule has 2 aromatic carbocycles. The Hall–Kier alpha value is -3.48. The quantitative estimate of drug-likeness (QED) is 0.714. The molecule has 1 heterocycles. The summed E-state index contributed by atoms with van der Waals surface area (Å²) in [5.74, 6) is -1.92. The van der Waals surface area contributed by atoms with Crippen LogP contribution in [0.1, 0.15) is 28.4 Å². The molecule has 3 rings (SSSR count). The second-order valence-corrected chi connectivity index (χ2v) is 5.68. The first-order chi connectivity index (χ1) is 12.5. The summed E-state index contributed by atoms with van der Waals surface area (Å²) in [5, 5.41) is 15.9. The van der Waals surface area contributed by atoms with Gasteiger partial charge in [-0.1, -0.05) is 18.2 Å². The van der Waals surface area contributed by atoms with Crippen LogP contribution in [0, 0.1) is 5.82 Å². The molecule has 0 fully saturated rings. The number of carboxylic acids is 1. The van der Waals surface area contributed by atoms with Gasteiger partial charge in [-0.3, -0.25) is 9.59 Å². The summed E-state index contributed by atoms with van der Waals surface area (Å²) < 4.78 is 14.7. The van der Waals surface area contributed by atoms with E-state index in [0.717, 1.165) is 0 Å². The molecule has 3 aromatic rings. The van der Waals surface area contributed by atoms with Crippen LogP contribution in [0.25, 0.3) is 5.69 Å². The molecule has 0 aliphatic carbocycles. The van der Waals surface area contributed by atoms with E-state index in [1.807, 2.05) is 0 Å². The fourth-order valence-electron chi connectivity index (χ4n) is 2.57. The van der Waals surface area contributed by atoms with Crippen molar-refractivity contribution in [3.8, 4) is 5.69 Å². The van der Waals surface area contributed by atoms with Gasteiger partial charge in [0.1, 0.15) is 5.82 Å². The molecule has 132 valence electrons. The minimum atomic E-state index is -1.06. The van der Waals surface area contributed by atoms with Crippen molar-refractivity contribution in [3.05, 3.63) is 83.9 Å². The molecule has 7 heteroatoms. The molecule has 0 saturated carbocycles. The van der Waals surface area contributed by atoms with E-state index >= 15 is 0 Å². The maximum Gasteiger partial charge on any atom is 0.305 e. The van der Waals surface area contributed by atoms with Gasteiger partial charge in [0, 0.05) is 18.0 Å². The van der Waals surface area contributed by atoms with E-state index in [1.165, 1.54) is 24.3 Å². The average molecular weight is 353 g/mol. The van der Waals surface area contributed by atoms with Gasteiger partial charge in [-0.15, -0.1) is 0 Å². The molecular formula is C19H16FN3O3. The average Bonchev–Trinajstić information content (AvgIpc) is 3.16. The Morgan fingerprint density at radius 1 is 1.15 bits per heavy atom. The lowest BCUT2D eigenvalue weighted by Crippen LogP contribution is -2.30. The summed E-state index contributed by atoms with van der Waals surface area (Å²) in [6, 6.07) is 13.2. The first kappa shape index (κ1) is 17.3. The van der Waals surface area contributed by atoms with Crippen molar-refractivity contribution in [2.75, 3.05) is 0 Å². The molecule has 2 N–H and O–H groups in total. The second-order valence-electron chi connectivity index (χ2n) is 5.68. The van der Waals surface area contributed by atoms with Crippen LogP contribution >= 0.6 is 0 Å². The minimum absolute atomic E-state index is 0.309. The monoisotopic (exact) mass is 353 g/mol. The number of aromatic nitrogens is 2. The topological polar surface area (TPSA) is 84.2 Å². The molecule has 0 spiro atoms. The SMILES string of the molecule is O=C(O)C[C@@H](NC(=O)c1cccc(-n2cccn2)c1)c1ccc(F)cc1. The van der Waals surface area contributed by atoms with Crippen LogP contribution < -0.4 is 5.32 Å². The van der Waals surface area contributed by atoms with Crippen molar-refractivity contribution in [2.45, 2.75) is 12.5 Å². The van der Waals surface area contributed by atoms with Crippen molar-refractivity contribution in [2.24, 2.45) is 0 Å². The number of halogens is 1. The Kier molecular flexibility index (Phi) is 5.07. The standard InChI is InChI=1S/C19H16FN3O3/c20-15-7-5-13(6-8-15)17(12-18(24)25)22-19(26)14-3-1-4-16(11-14)23-10-2-9-21-23/h1-11,17H,12H2,(H,22,26)(H,24,25)/t17-/m1/s1. The second kappa shape index (κ2) is 7.60. The zero-order chi connectivity index (χ0) is 18.5. The number of aliphatic carboxylic acids is 1. The normalized spacial score (nSPS) is 11.7. The number of rotatable bonds is 6. The third-order valence-corrected chi connectivity index (χ3v) is 3.83. The number of carbonyl (C=O) groups excluding carboxylic acids is 1. The van der Waals surface area contributed by atoms with E-state index in [-0.39, 0.29) is 6.42 Å². The molecule has 0 bridgehead atoms. The van der Waals surface area contributed by atoms with Gasteiger partial charge in [0.25, 0.3) is 5.91 Å². The number of carbonyl (C=O) groups is 2. The number of amides is 1. The van der Waals surface area contributed by atoms with Crippen LogP contribution in [0.5, 0.6) is 0 Å². The van der Waals surface area contributed by atoms with Gasteiger partial charge in [-0.2, -0.15) is 5.10 Å². The number of nitrogens with zero attached hydrogens (tertiary/aromatic N) is 2. The Labute approximate surface area is 148 Å². The van der Waals surface area contributed by atoms with Gasteiger partial charge in [0.2, 0.25) is 0 Å². The highest BCUT2D eigenvalue weighted by atomic mass is 19.1. The largest absolute Gasteiger partial charge is 0.481 e. The highest BCUT2D eigenvalue weighted by Crippen LogP contribution is 2.19. The van der Waals surface area contributed by atoms with Gasteiger partial charge in [-0.05, 0) is 42.0 Å². The molecule has 1 atom stereocenters. The van der Waals surface area contributed by atoms with E-state index in [1.54, 1.807) is 47.4 Å². The zero-order valence-corrected chi connectivity index (χ0v) is 13.7. The highest BCUT2D eigenvalue weighted by molar-refractivity contribution is 5.95. The van der Waals surface area contributed by atoms with Gasteiger partial charge in [0.05, 0.1) is 18.2 Å². The summed E-state index contributed by atoms with van der Waals surface area (Å²) in [4.78, 5) is 23.7. The Morgan fingerprint density at radius 3 is 2.58 bits per heavy atom. The molecule has 1 aromatic heterocycles. The lowest BCUT2D eigenvalue weighted by molar-refractivity contribution is -0.137. The first-order valence-electron chi connectivity index (χ1n) is 7.91. The Bertz CT molecular complexity index is 908. The summed E-state index contributed by atoms with van der Waals surface area (Å²) in [5.41, 5.74) is 1.60. The van der Waals surface area contributed by atoms with Gasteiger partial charge >= 0.3 is 5.97 Å². The third kappa shape index (κ3) is 4.13. The first-order valence-corrected chi connectivity index (χ1v) is 7.91. The molecule has 0 unspecified atom stereocenters. The Morgan fingerprint density at radius 2 is 1.92 bits per heavy atom. The maximum absolute atomic E-state index is 13.1. The van der Waals surface area contributed by atoms with Crippen molar-refractivity contribution in [3.63, 3.8) is 0 Å². The lowest BCUT2D eigenvalue weighted by Gasteiger charge is -2.18. The van der Waals surface area contributed by atoms with E-state index < -0.39 is 23.7 Å². The lowest BCUT2D eigenvalue weighted by atomic mass is 10.0. The third-order valence-electron chi connectivity index (χ3n) is 3.83. The van der Waals surface area contributed by atoms with Crippen LogP contribution in [0.2, 0.25) is 0 Å². The van der Waals surface area contributed by atoms with Crippen molar-refractivity contribution >= 4 is 11.9 Å². The smallest absolute Gasteiger partial charge is 0.305 e. The van der Waals surface area contributed by atoms with E-state index in [9.17, 15) is 14.0 Å². The van der Waals surface area contributed by atoms with Crippen LogP contribution in [0.3, 0.4) is 0 Å². The summed E-state index contributed by atoms with van der Waals surface area (Å²) >= 11 is 0. The van der Waals surface area contributed by atoms with Gasteiger partial charge in [-0.25, -0.2) is 9.07 Å². The van der Waals surface area contributed by atoms with E-state index in [2.05, 4.69) is 10.4 Å². The van der Waals surface area contributed by atoms with Crippen molar-refractivity contribution < 1.29 is 19.1 Å². The molecule has 0 radical (unpaired) electrons. The van der Waals surface area contributed by atoms with Gasteiger partial charge in [0.15, 0.2) is 0 Å². The Balaban J connectivity index is 1.82. The number of hydrogen-bond donors (Lipinski definition) is 2. The molecule has 0 saturated heterocycles. The molecular weight excluding hydrogens is 337 g/mol. The van der Waals surface area contributed by atoms with Crippen molar-refractivity contribution in [1.29, 1.82) is 0 Å². The molecule has 6 nitrogen and oxygen atoms in total. The highest BCUT2D eigenvalue weighted by Gasteiger charge is 2.19. The number of hydrogen-bond acceptors (Lipinski definition) is 3. The number of nitrogens with one attached hydrogen (secondary N) is 1. The number of carboxylic acid groups (broad SMARTS) is 1. The molecule has 0 aliphatic heterocycles. The maximum atomic E-state index is 13.1. The van der Waals surface area contributed by atoms with E-state index in [4.69, 9.17) is 5.11 Å². The molecule has 1 amide bonds. The molecule has 0 aliphatic rings. The van der Waals surface area contributed by atoms with Crippen molar-refractivity contribution in [1.82, 2.24) is 15.1 Å². The van der Waals surface area contributed by atoms with Crippen LogP contribution in [-0.2, 0) is 4.79 Å².